The SMILES string of the molecule is COc1ccc(F)cc1S(=O)(=O)N1CCCC(C(=O)Nc2cccc(Cl)c2C)C1. The van der Waals surface area contributed by atoms with Crippen molar-refractivity contribution in [3.05, 3.63) is 52.8 Å². The summed E-state index contributed by atoms with van der Waals surface area (Å²) >= 11 is 6.09. The van der Waals surface area contributed by atoms with Crippen LogP contribution in [0.3, 0.4) is 0 Å². The number of hydrogen-bond acceptors (Lipinski definition) is 4. The topological polar surface area (TPSA) is 75.7 Å². The van der Waals surface area contributed by atoms with Crippen molar-refractivity contribution in [2.45, 2.75) is 24.7 Å². The van der Waals surface area contributed by atoms with E-state index in [0.29, 0.717) is 23.6 Å². The molecule has 1 fully saturated rings. The van der Waals surface area contributed by atoms with Crippen LogP contribution in [0.5, 0.6) is 5.75 Å². The third kappa shape index (κ3) is 4.55. The Bertz CT molecular complexity index is 1030. The molecule has 0 bridgehead atoms. The molecule has 1 heterocycles. The molecule has 1 amide bonds. The Morgan fingerprint density at radius 2 is 2.07 bits per heavy atom. The van der Waals surface area contributed by atoms with Gasteiger partial charge in [-0.05, 0) is 55.7 Å². The van der Waals surface area contributed by atoms with Crippen molar-refractivity contribution >= 4 is 33.2 Å². The average molecular weight is 441 g/mol. The summed E-state index contributed by atoms with van der Waals surface area (Å²) in [6.07, 6.45) is 1.07. The minimum Gasteiger partial charge on any atom is -0.495 e. The molecule has 156 valence electrons. The molecular weight excluding hydrogens is 419 g/mol. The molecule has 29 heavy (non-hydrogen) atoms. The van der Waals surface area contributed by atoms with Crippen molar-refractivity contribution in [3.8, 4) is 5.75 Å². The highest BCUT2D eigenvalue weighted by Crippen LogP contribution is 2.31. The molecule has 1 unspecified atom stereocenters. The van der Waals surface area contributed by atoms with Crippen molar-refractivity contribution < 1.29 is 22.3 Å². The lowest BCUT2D eigenvalue weighted by Crippen LogP contribution is -2.43. The van der Waals surface area contributed by atoms with Crippen LogP contribution >= 0.6 is 11.6 Å². The minimum atomic E-state index is -4.01. The minimum absolute atomic E-state index is 0.00739. The van der Waals surface area contributed by atoms with Crippen LogP contribution in [0.15, 0.2) is 41.3 Å². The molecule has 1 atom stereocenters. The largest absolute Gasteiger partial charge is 0.495 e. The predicted octanol–water partition coefficient (Wildman–Crippen LogP) is 3.84. The summed E-state index contributed by atoms with van der Waals surface area (Å²) < 4.78 is 46.1. The molecule has 1 N–H and O–H groups in total. The van der Waals surface area contributed by atoms with Gasteiger partial charge in [0, 0.05) is 23.8 Å². The van der Waals surface area contributed by atoms with Crippen molar-refractivity contribution in [2.24, 2.45) is 5.92 Å². The fourth-order valence-corrected chi connectivity index (χ4v) is 5.21. The zero-order valence-electron chi connectivity index (χ0n) is 16.1. The van der Waals surface area contributed by atoms with Gasteiger partial charge in [0.05, 0.1) is 13.0 Å². The second-order valence-electron chi connectivity index (χ2n) is 6.90. The van der Waals surface area contributed by atoms with Crippen molar-refractivity contribution in [1.82, 2.24) is 4.31 Å². The molecule has 1 aliphatic heterocycles. The maximum absolute atomic E-state index is 13.7. The predicted molar refractivity (Wildman–Crippen MR) is 109 cm³/mol. The highest BCUT2D eigenvalue weighted by atomic mass is 35.5. The number of ether oxygens (including phenoxy) is 1. The van der Waals surface area contributed by atoms with E-state index < -0.39 is 21.8 Å². The second-order valence-corrected chi connectivity index (χ2v) is 9.21. The molecule has 9 heteroatoms. The number of piperidine rings is 1. The van der Waals surface area contributed by atoms with Gasteiger partial charge in [-0.2, -0.15) is 4.31 Å². The van der Waals surface area contributed by atoms with Crippen molar-refractivity contribution in [3.63, 3.8) is 0 Å². The third-order valence-electron chi connectivity index (χ3n) is 5.02. The standard InChI is InChI=1S/C20H22ClFN2O4S/c1-13-16(21)6-3-7-17(13)23-20(25)14-5-4-10-24(12-14)29(26,27)19-11-15(22)8-9-18(19)28-2/h3,6-9,11,14H,4-5,10,12H2,1-2H3,(H,23,25). The summed E-state index contributed by atoms with van der Waals surface area (Å²) in [6, 6.07) is 8.56. The number of hydrogen-bond donors (Lipinski definition) is 1. The van der Waals surface area contributed by atoms with E-state index in [0.717, 1.165) is 17.7 Å². The first-order valence-corrected chi connectivity index (χ1v) is 11.0. The Morgan fingerprint density at radius 3 is 2.79 bits per heavy atom. The van der Waals surface area contributed by atoms with Gasteiger partial charge < -0.3 is 10.1 Å². The quantitative estimate of drug-likeness (QED) is 0.766. The van der Waals surface area contributed by atoms with E-state index >= 15 is 0 Å². The number of amides is 1. The maximum atomic E-state index is 13.7. The second kappa shape index (κ2) is 8.69. The third-order valence-corrected chi connectivity index (χ3v) is 7.32. The number of nitrogens with zero attached hydrogens (tertiary/aromatic N) is 1. The van der Waals surface area contributed by atoms with E-state index in [-0.39, 0.29) is 29.6 Å². The number of carbonyl (C=O) groups is 1. The van der Waals surface area contributed by atoms with Crippen LogP contribution in [-0.2, 0) is 14.8 Å². The molecule has 2 aromatic rings. The number of anilines is 1. The van der Waals surface area contributed by atoms with E-state index in [2.05, 4.69) is 5.32 Å². The summed E-state index contributed by atoms with van der Waals surface area (Å²) in [6.45, 7) is 2.06. The van der Waals surface area contributed by atoms with Gasteiger partial charge in [-0.15, -0.1) is 0 Å². The summed E-state index contributed by atoms with van der Waals surface area (Å²) in [5.41, 5.74) is 1.33. The van der Waals surface area contributed by atoms with Crippen LogP contribution in [0.2, 0.25) is 5.02 Å². The number of rotatable bonds is 5. The van der Waals surface area contributed by atoms with Crippen LogP contribution in [0.1, 0.15) is 18.4 Å². The molecule has 6 nitrogen and oxygen atoms in total. The van der Waals surface area contributed by atoms with Gasteiger partial charge in [0.25, 0.3) is 0 Å². The first-order chi connectivity index (χ1) is 13.7. The first kappa shape index (κ1) is 21.5. The summed E-state index contributed by atoms with van der Waals surface area (Å²) in [5, 5.41) is 3.37. The fraction of sp³-hybridized carbons (Fsp3) is 0.350. The smallest absolute Gasteiger partial charge is 0.246 e. The Labute approximate surface area is 174 Å². The van der Waals surface area contributed by atoms with Crippen molar-refractivity contribution in [1.29, 1.82) is 0 Å². The van der Waals surface area contributed by atoms with E-state index in [1.165, 1.54) is 17.5 Å². The molecule has 3 rings (SSSR count). The van der Waals surface area contributed by atoms with Gasteiger partial charge in [0.1, 0.15) is 16.5 Å². The molecular formula is C20H22ClFN2O4S. The van der Waals surface area contributed by atoms with Crippen LogP contribution in [0, 0.1) is 18.7 Å². The highest BCUT2D eigenvalue weighted by Gasteiger charge is 2.35. The number of benzene rings is 2. The van der Waals surface area contributed by atoms with E-state index in [4.69, 9.17) is 16.3 Å². The fourth-order valence-electron chi connectivity index (χ4n) is 3.34. The van der Waals surface area contributed by atoms with E-state index in [1.54, 1.807) is 25.1 Å². The van der Waals surface area contributed by atoms with Crippen LogP contribution in [-0.4, -0.2) is 38.8 Å². The molecule has 0 spiro atoms. The number of carbonyl (C=O) groups excluding carboxylic acids is 1. The Balaban J connectivity index is 1.80. The number of halogens is 2. The normalized spacial score (nSPS) is 17.7. The maximum Gasteiger partial charge on any atom is 0.246 e. The lowest BCUT2D eigenvalue weighted by Gasteiger charge is -2.31. The van der Waals surface area contributed by atoms with Gasteiger partial charge in [-0.3, -0.25) is 4.79 Å². The first-order valence-electron chi connectivity index (χ1n) is 9.13. The monoisotopic (exact) mass is 440 g/mol. The van der Waals surface area contributed by atoms with E-state index in [9.17, 15) is 17.6 Å². The molecule has 0 aromatic heterocycles. The molecule has 2 aromatic carbocycles. The lowest BCUT2D eigenvalue weighted by atomic mass is 9.98. The molecule has 1 aliphatic rings. The Morgan fingerprint density at radius 1 is 1.31 bits per heavy atom. The molecule has 0 aliphatic carbocycles. The Hall–Kier alpha value is -2.16. The Kier molecular flexibility index (Phi) is 6.45. The van der Waals surface area contributed by atoms with Crippen LogP contribution < -0.4 is 10.1 Å². The van der Waals surface area contributed by atoms with Crippen LogP contribution in [0.4, 0.5) is 10.1 Å². The zero-order chi connectivity index (χ0) is 21.2. The summed E-state index contributed by atoms with van der Waals surface area (Å²) in [5.74, 6) is -1.42. The van der Waals surface area contributed by atoms with Gasteiger partial charge in [0.15, 0.2) is 0 Å². The summed E-state index contributed by atoms with van der Waals surface area (Å²) in [7, 11) is -2.69. The van der Waals surface area contributed by atoms with Crippen molar-refractivity contribution in [2.75, 3.05) is 25.5 Å². The van der Waals surface area contributed by atoms with Gasteiger partial charge >= 0.3 is 0 Å². The highest BCUT2D eigenvalue weighted by molar-refractivity contribution is 7.89. The number of nitrogens with one attached hydrogen (secondary N) is 1. The molecule has 1 saturated heterocycles. The number of methoxy groups -OCH3 is 1. The molecule has 0 saturated carbocycles. The summed E-state index contributed by atoms with van der Waals surface area (Å²) in [4.78, 5) is 12.5. The lowest BCUT2D eigenvalue weighted by molar-refractivity contribution is -0.120. The average Bonchev–Trinajstić information content (AvgIpc) is 2.71. The van der Waals surface area contributed by atoms with E-state index in [1.807, 2.05) is 0 Å². The number of sulfonamides is 1. The molecule has 0 radical (unpaired) electrons. The van der Waals surface area contributed by atoms with Crippen LogP contribution in [0.25, 0.3) is 0 Å². The van der Waals surface area contributed by atoms with Gasteiger partial charge in [0.2, 0.25) is 15.9 Å². The zero-order valence-corrected chi connectivity index (χ0v) is 17.7. The van der Waals surface area contributed by atoms with Gasteiger partial charge in [-0.25, -0.2) is 12.8 Å². The van der Waals surface area contributed by atoms with Gasteiger partial charge in [-0.1, -0.05) is 17.7 Å².